The van der Waals surface area contributed by atoms with Crippen molar-refractivity contribution in [2.75, 3.05) is 0 Å². The molecule has 20 heavy (non-hydrogen) atoms. The Labute approximate surface area is 121 Å². The summed E-state index contributed by atoms with van der Waals surface area (Å²) in [7, 11) is -4.05. The maximum Gasteiger partial charge on any atom is 0.327 e. The minimum atomic E-state index is -2.03. The first-order valence-corrected chi connectivity index (χ1v) is 13.2. The summed E-state index contributed by atoms with van der Waals surface area (Å²) in [5.74, 6) is -1.01. The smallest absolute Gasteiger partial charge is 0.327 e. The van der Waals surface area contributed by atoms with Crippen molar-refractivity contribution in [3.05, 3.63) is 29.6 Å². The van der Waals surface area contributed by atoms with Crippen LogP contribution in [0.5, 0.6) is 0 Å². The Morgan fingerprint density at radius 2 is 1.35 bits per heavy atom. The molecule has 0 spiro atoms. The monoisotopic (exact) mass is 311 g/mol. The van der Waals surface area contributed by atoms with Crippen LogP contribution in [-0.4, -0.2) is 33.6 Å². The van der Waals surface area contributed by atoms with Crippen LogP contribution in [0.4, 0.5) is 0 Å². The molecule has 5 nitrogen and oxygen atoms in total. The van der Waals surface area contributed by atoms with E-state index in [1.165, 1.54) is 18.5 Å². The van der Waals surface area contributed by atoms with Gasteiger partial charge < -0.3 is 8.85 Å². The van der Waals surface area contributed by atoms with Crippen LogP contribution in [0.2, 0.25) is 39.3 Å². The molecular weight excluding hydrogens is 290 g/mol. The summed E-state index contributed by atoms with van der Waals surface area (Å²) < 4.78 is 10.8. The van der Waals surface area contributed by atoms with Gasteiger partial charge in [0.1, 0.15) is 0 Å². The summed E-state index contributed by atoms with van der Waals surface area (Å²) in [6.07, 6.45) is 2.81. The van der Waals surface area contributed by atoms with Crippen molar-refractivity contribution >= 4 is 28.6 Å². The second-order valence-corrected chi connectivity index (χ2v) is 15.3. The van der Waals surface area contributed by atoms with Gasteiger partial charge in [0.2, 0.25) is 16.6 Å². The quantitative estimate of drug-likeness (QED) is 0.800. The van der Waals surface area contributed by atoms with E-state index in [1.54, 1.807) is 0 Å². The van der Waals surface area contributed by atoms with E-state index in [2.05, 4.69) is 4.98 Å². The lowest BCUT2D eigenvalue weighted by molar-refractivity contribution is 0.0680. The van der Waals surface area contributed by atoms with Crippen LogP contribution in [0.3, 0.4) is 0 Å². The highest BCUT2D eigenvalue weighted by molar-refractivity contribution is 6.72. The van der Waals surface area contributed by atoms with Gasteiger partial charge in [0.05, 0.1) is 11.1 Å². The largest absolute Gasteiger partial charge is 0.516 e. The van der Waals surface area contributed by atoms with Gasteiger partial charge in [-0.05, 0) is 45.3 Å². The van der Waals surface area contributed by atoms with Gasteiger partial charge in [-0.25, -0.2) is 9.59 Å². The molecule has 0 N–H and O–H groups in total. The van der Waals surface area contributed by atoms with Crippen LogP contribution >= 0.6 is 0 Å². The fourth-order valence-electron chi connectivity index (χ4n) is 1.40. The van der Waals surface area contributed by atoms with Gasteiger partial charge >= 0.3 is 11.9 Å². The van der Waals surface area contributed by atoms with Gasteiger partial charge in [-0.15, -0.1) is 0 Å². The molecule has 0 fully saturated rings. The van der Waals surface area contributed by atoms with Crippen LogP contribution < -0.4 is 0 Å². The van der Waals surface area contributed by atoms with Gasteiger partial charge in [-0.1, -0.05) is 0 Å². The molecule has 0 aliphatic carbocycles. The standard InChI is InChI=1S/C13H21NO4Si2/c1-19(2,3)17-12(15)10-7-8-14-9-11(10)13(16)18-20(4,5)6/h7-9H,1-6H3. The topological polar surface area (TPSA) is 65.5 Å². The first-order chi connectivity index (χ1) is 8.99. The zero-order chi connectivity index (χ0) is 15.6. The molecule has 0 bridgehead atoms. The molecule has 0 atom stereocenters. The highest BCUT2D eigenvalue weighted by Crippen LogP contribution is 2.16. The molecule has 1 aromatic heterocycles. The Morgan fingerprint density at radius 1 is 0.900 bits per heavy atom. The molecule has 1 aromatic rings. The zero-order valence-electron chi connectivity index (χ0n) is 12.8. The SMILES string of the molecule is C[Si](C)(C)OC(=O)c1ccncc1C(=O)O[Si](C)(C)C. The lowest BCUT2D eigenvalue weighted by atomic mass is 10.1. The van der Waals surface area contributed by atoms with Crippen molar-refractivity contribution in [3.8, 4) is 0 Å². The minimum Gasteiger partial charge on any atom is -0.516 e. The van der Waals surface area contributed by atoms with Crippen molar-refractivity contribution in [3.63, 3.8) is 0 Å². The fourth-order valence-corrected chi connectivity index (χ4v) is 2.73. The molecular formula is C13H21NO4Si2. The van der Waals surface area contributed by atoms with E-state index in [0.717, 1.165) is 0 Å². The number of rotatable bonds is 4. The summed E-state index contributed by atoms with van der Waals surface area (Å²) in [6.45, 7) is 11.4. The van der Waals surface area contributed by atoms with E-state index in [0.29, 0.717) is 0 Å². The normalized spacial score (nSPS) is 11.9. The molecule has 0 aliphatic heterocycles. The molecule has 0 aliphatic rings. The van der Waals surface area contributed by atoms with Crippen molar-refractivity contribution in [2.45, 2.75) is 39.3 Å². The summed E-state index contributed by atoms with van der Waals surface area (Å²) in [5, 5.41) is 0. The number of aromatic nitrogens is 1. The maximum absolute atomic E-state index is 12.1. The van der Waals surface area contributed by atoms with E-state index < -0.39 is 28.6 Å². The first-order valence-electron chi connectivity index (χ1n) is 6.40. The molecule has 1 rings (SSSR count). The summed E-state index contributed by atoms with van der Waals surface area (Å²) in [6, 6.07) is 1.49. The molecule has 0 aromatic carbocycles. The second-order valence-electron chi connectivity index (χ2n) is 6.43. The van der Waals surface area contributed by atoms with Crippen LogP contribution in [0.1, 0.15) is 20.7 Å². The summed E-state index contributed by atoms with van der Waals surface area (Å²) >= 11 is 0. The van der Waals surface area contributed by atoms with Gasteiger partial charge in [0, 0.05) is 12.4 Å². The molecule has 0 saturated carbocycles. The van der Waals surface area contributed by atoms with E-state index in [-0.39, 0.29) is 11.1 Å². The predicted octanol–water partition coefficient (Wildman–Crippen LogP) is 3.07. The van der Waals surface area contributed by atoms with Crippen LogP contribution in [0.25, 0.3) is 0 Å². The number of pyridine rings is 1. The number of carbonyl (C=O) groups is 2. The molecule has 0 radical (unpaired) electrons. The average molecular weight is 311 g/mol. The number of nitrogens with zero attached hydrogens (tertiary/aromatic N) is 1. The van der Waals surface area contributed by atoms with E-state index >= 15 is 0 Å². The Kier molecular flexibility index (Phi) is 4.87. The second kappa shape index (κ2) is 5.88. The van der Waals surface area contributed by atoms with Crippen molar-refractivity contribution < 1.29 is 18.4 Å². The molecule has 7 heteroatoms. The van der Waals surface area contributed by atoms with Gasteiger partial charge in [-0.3, -0.25) is 4.98 Å². The first kappa shape index (κ1) is 16.6. The number of hydrogen-bond acceptors (Lipinski definition) is 5. The fraction of sp³-hybridized carbons (Fsp3) is 0.462. The molecule has 110 valence electrons. The predicted molar refractivity (Wildman–Crippen MR) is 81.8 cm³/mol. The van der Waals surface area contributed by atoms with E-state index in [4.69, 9.17) is 8.85 Å². The maximum atomic E-state index is 12.1. The Balaban J connectivity index is 3.05. The average Bonchev–Trinajstić information content (AvgIpc) is 2.24. The van der Waals surface area contributed by atoms with Crippen molar-refractivity contribution in [1.29, 1.82) is 0 Å². The third-order valence-electron chi connectivity index (χ3n) is 2.06. The van der Waals surface area contributed by atoms with E-state index in [1.807, 2.05) is 39.3 Å². The van der Waals surface area contributed by atoms with Crippen LogP contribution in [-0.2, 0) is 8.85 Å². The number of carbonyl (C=O) groups excluding carboxylic acids is 2. The Morgan fingerprint density at radius 3 is 1.80 bits per heavy atom. The highest BCUT2D eigenvalue weighted by atomic mass is 28.4. The molecule has 0 unspecified atom stereocenters. The number of hydrogen-bond donors (Lipinski definition) is 0. The van der Waals surface area contributed by atoms with Gasteiger partial charge in [0.15, 0.2) is 0 Å². The Hall–Kier alpha value is -1.48. The lowest BCUT2D eigenvalue weighted by Crippen LogP contribution is -2.32. The summed E-state index contributed by atoms with van der Waals surface area (Å²) in [4.78, 5) is 28.2. The third-order valence-corrected chi connectivity index (χ3v) is 3.65. The lowest BCUT2D eigenvalue weighted by Gasteiger charge is -2.20. The third kappa shape index (κ3) is 5.26. The molecule has 1 heterocycles. The molecule has 0 saturated heterocycles. The Bertz CT molecular complexity index is 471. The van der Waals surface area contributed by atoms with Crippen molar-refractivity contribution in [2.24, 2.45) is 0 Å². The van der Waals surface area contributed by atoms with Crippen LogP contribution in [0, 0.1) is 0 Å². The van der Waals surface area contributed by atoms with Gasteiger partial charge in [0.25, 0.3) is 0 Å². The zero-order valence-corrected chi connectivity index (χ0v) is 14.8. The van der Waals surface area contributed by atoms with E-state index in [9.17, 15) is 9.59 Å². The van der Waals surface area contributed by atoms with Crippen molar-refractivity contribution in [1.82, 2.24) is 4.98 Å². The molecule has 0 amide bonds. The highest BCUT2D eigenvalue weighted by Gasteiger charge is 2.27. The van der Waals surface area contributed by atoms with Crippen LogP contribution in [0.15, 0.2) is 18.5 Å². The summed E-state index contributed by atoms with van der Waals surface area (Å²) in [5.41, 5.74) is 0.379. The van der Waals surface area contributed by atoms with Gasteiger partial charge in [-0.2, -0.15) is 0 Å². The minimum absolute atomic E-state index is 0.165.